The van der Waals surface area contributed by atoms with Crippen molar-refractivity contribution in [1.29, 1.82) is 0 Å². The third-order valence-electron chi connectivity index (χ3n) is 2.07. The molecule has 0 heterocycles. The molecule has 18 heavy (non-hydrogen) atoms. The van der Waals surface area contributed by atoms with Crippen LogP contribution in [-0.4, -0.2) is 18.8 Å². The van der Waals surface area contributed by atoms with Crippen LogP contribution in [0.2, 0.25) is 0 Å². The van der Waals surface area contributed by atoms with E-state index < -0.39 is 5.97 Å². The van der Waals surface area contributed by atoms with E-state index in [4.69, 9.17) is 10.5 Å². The molecule has 0 aliphatic heterocycles. The van der Waals surface area contributed by atoms with Crippen molar-refractivity contribution in [2.24, 2.45) is 10.7 Å². The van der Waals surface area contributed by atoms with Crippen molar-refractivity contribution in [3.8, 4) is 0 Å². The van der Waals surface area contributed by atoms with Crippen molar-refractivity contribution in [2.45, 2.75) is 13.5 Å². The van der Waals surface area contributed by atoms with E-state index >= 15 is 0 Å². The highest BCUT2D eigenvalue weighted by Gasteiger charge is 2.09. The molecule has 0 fully saturated rings. The van der Waals surface area contributed by atoms with Crippen LogP contribution in [0.5, 0.6) is 0 Å². The summed E-state index contributed by atoms with van der Waals surface area (Å²) in [6.45, 7) is 2.55. The molecule has 0 spiro atoms. The summed E-state index contributed by atoms with van der Waals surface area (Å²) in [6, 6.07) is 9.79. The average Bonchev–Trinajstić information content (AvgIpc) is 2.39. The molecule has 0 amide bonds. The van der Waals surface area contributed by atoms with Gasteiger partial charge in [0.15, 0.2) is 0 Å². The van der Waals surface area contributed by atoms with Crippen LogP contribution in [0.15, 0.2) is 45.5 Å². The van der Waals surface area contributed by atoms with Gasteiger partial charge >= 0.3 is 5.97 Å². The molecule has 1 aromatic rings. The van der Waals surface area contributed by atoms with Gasteiger partial charge in [-0.25, -0.2) is 4.79 Å². The van der Waals surface area contributed by atoms with Crippen LogP contribution < -0.4 is 5.73 Å². The Morgan fingerprint density at radius 2 is 2.11 bits per heavy atom. The van der Waals surface area contributed by atoms with Gasteiger partial charge in [0.05, 0.1) is 17.6 Å². The van der Waals surface area contributed by atoms with Gasteiger partial charge in [0.1, 0.15) is 5.70 Å². The molecule has 0 saturated heterocycles. The summed E-state index contributed by atoms with van der Waals surface area (Å²) in [5.74, 6) is -0.546. The van der Waals surface area contributed by atoms with E-state index in [1.165, 1.54) is 6.21 Å². The summed E-state index contributed by atoms with van der Waals surface area (Å²) in [4.78, 5) is 15.5. The second kappa shape index (κ2) is 7.66. The number of halogens is 1. The highest BCUT2D eigenvalue weighted by atomic mass is 79.9. The fraction of sp³-hybridized carbons (Fsp3) is 0.231. The summed E-state index contributed by atoms with van der Waals surface area (Å²) < 4.78 is 5.20. The minimum Gasteiger partial charge on any atom is -0.461 e. The molecule has 4 nitrogen and oxygen atoms in total. The molecule has 5 heteroatoms. The van der Waals surface area contributed by atoms with E-state index in [0.29, 0.717) is 17.6 Å². The van der Waals surface area contributed by atoms with Gasteiger partial charge in [-0.2, -0.15) is 0 Å². The first-order valence-electron chi connectivity index (χ1n) is 5.51. The fourth-order valence-electron chi connectivity index (χ4n) is 1.19. The first kappa shape index (κ1) is 14.4. The fourth-order valence-corrected chi connectivity index (χ4v) is 1.50. The molecule has 0 radical (unpaired) electrons. The predicted octanol–water partition coefficient (Wildman–Crippen LogP) is 2.39. The van der Waals surface area contributed by atoms with Gasteiger partial charge in [0.25, 0.3) is 0 Å². The van der Waals surface area contributed by atoms with Gasteiger partial charge in [-0.3, -0.25) is 4.99 Å². The Hall–Kier alpha value is -1.62. The van der Waals surface area contributed by atoms with E-state index in [1.807, 2.05) is 30.3 Å². The minimum atomic E-state index is -0.546. The van der Waals surface area contributed by atoms with E-state index in [0.717, 1.165) is 5.56 Å². The molecule has 0 aliphatic carbocycles. The molecule has 0 unspecified atom stereocenters. The molecule has 0 bridgehead atoms. The van der Waals surface area contributed by atoms with Crippen LogP contribution in [-0.2, 0) is 16.1 Å². The Balaban J connectivity index is 2.61. The number of hydrogen-bond acceptors (Lipinski definition) is 4. The summed E-state index contributed by atoms with van der Waals surface area (Å²) in [5.41, 5.74) is 6.70. The van der Waals surface area contributed by atoms with Gasteiger partial charge in [0.2, 0.25) is 0 Å². The number of nitrogens with zero attached hydrogens (tertiary/aromatic N) is 1. The van der Waals surface area contributed by atoms with Crippen molar-refractivity contribution >= 4 is 28.1 Å². The number of allylic oxidation sites excluding steroid dienone is 1. The highest BCUT2D eigenvalue weighted by Crippen LogP contribution is 2.08. The highest BCUT2D eigenvalue weighted by molar-refractivity contribution is 9.12. The van der Waals surface area contributed by atoms with E-state index in [-0.39, 0.29) is 5.70 Å². The molecule has 1 rings (SSSR count). The van der Waals surface area contributed by atoms with Crippen molar-refractivity contribution in [3.05, 3.63) is 46.1 Å². The summed E-state index contributed by atoms with van der Waals surface area (Å²) in [6.07, 6.45) is 1.51. The molecule has 0 atom stereocenters. The van der Waals surface area contributed by atoms with Crippen LogP contribution in [0.1, 0.15) is 12.5 Å². The molecular weight excluding hydrogens is 296 g/mol. The normalized spacial score (nSPS) is 12.3. The van der Waals surface area contributed by atoms with Crippen molar-refractivity contribution in [1.82, 2.24) is 0 Å². The van der Waals surface area contributed by atoms with Crippen molar-refractivity contribution in [2.75, 3.05) is 6.61 Å². The molecule has 0 aliphatic rings. The molecule has 2 N–H and O–H groups in total. The Morgan fingerprint density at radius 3 is 2.72 bits per heavy atom. The summed E-state index contributed by atoms with van der Waals surface area (Å²) in [7, 11) is 0. The van der Waals surface area contributed by atoms with Crippen molar-refractivity contribution in [3.63, 3.8) is 0 Å². The number of carbonyl (C=O) groups excluding carboxylic acids is 1. The van der Waals surface area contributed by atoms with Crippen LogP contribution >= 0.6 is 15.9 Å². The Bertz CT molecular complexity index is 455. The minimum absolute atomic E-state index is 0.0219. The predicted molar refractivity (Wildman–Crippen MR) is 75.4 cm³/mol. The lowest BCUT2D eigenvalue weighted by atomic mass is 10.2. The third kappa shape index (κ3) is 4.71. The number of aliphatic imine (C=N–C) groups is 1. The number of hydrogen-bond donors (Lipinski definition) is 1. The number of ether oxygens (including phenoxy) is 1. The van der Waals surface area contributed by atoms with Crippen LogP contribution in [0.3, 0.4) is 0 Å². The Kier molecular flexibility index (Phi) is 6.14. The first-order chi connectivity index (χ1) is 8.65. The standard InChI is InChI=1S/C13H15BrN2O2/c1-2-18-13(17)12(15)11(14)9-16-8-10-6-4-3-5-7-10/h3-7,9H,2,8,15H2,1H3. The maximum atomic E-state index is 11.3. The Labute approximate surface area is 115 Å². The van der Waals surface area contributed by atoms with Gasteiger partial charge < -0.3 is 10.5 Å². The number of nitrogens with two attached hydrogens (primary N) is 1. The maximum Gasteiger partial charge on any atom is 0.355 e. The van der Waals surface area contributed by atoms with Gasteiger partial charge in [-0.1, -0.05) is 30.3 Å². The zero-order valence-electron chi connectivity index (χ0n) is 10.1. The van der Waals surface area contributed by atoms with E-state index in [2.05, 4.69) is 20.9 Å². The topological polar surface area (TPSA) is 64.7 Å². The second-order valence-electron chi connectivity index (χ2n) is 3.44. The smallest absolute Gasteiger partial charge is 0.355 e. The van der Waals surface area contributed by atoms with E-state index in [9.17, 15) is 4.79 Å². The molecule has 0 saturated carbocycles. The Morgan fingerprint density at radius 1 is 1.44 bits per heavy atom. The van der Waals surface area contributed by atoms with Gasteiger partial charge in [-0.05, 0) is 28.4 Å². The quantitative estimate of drug-likeness (QED) is 0.516. The lowest BCUT2D eigenvalue weighted by molar-refractivity contribution is -0.138. The maximum absolute atomic E-state index is 11.3. The molecule has 1 aromatic carbocycles. The van der Waals surface area contributed by atoms with Crippen LogP contribution in [0.4, 0.5) is 0 Å². The monoisotopic (exact) mass is 310 g/mol. The number of carbonyl (C=O) groups is 1. The first-order valence-corrected chi connectivity index (χ1v) is 6.30. The van der Waals surface area contributed by atoms with E-state index in [1.54, 1.807) is 6.92 Å². The zero-order chi connectivity index (χ0) is 13.4. The number of benzene rings is 1. The largest absolute Gasteiger partial charge is 0.461 e. The third-order valence-corrected chi connectivity index (χ3v) is 2.71. The summed E-state index contributed by atoms with van der Waals surface area (Å²) in [5, 5.41) is 0. The van der Waals surface area contributed by atoms with Crippen molar-refractivity contribution < 1.29 is 9.53 Å². The van der Waals surface area contributed by atoms with Crippen LogP contribution in [0.25, 0.3) is 0 Å². The lowest BCUT2D eigenvalue weighted by Crippen LogP contribution is -2.16. The number of esters is 1. The summed E-state index contributed by atoms with van der Waals surface area (Å²) >= 11 is 3.19. The van der Waals surface area contributed by atoms with Gasteiger partial charge in [-0.15, -0.1) is 0 Å². The zero-order valence-corrected chi connectivity index (χ0v) is 11.7. The SMILES string of the molecule is CCOC(=O)C(N)=C(Br)C=NCc1ccccc1. The molecule has 96 valence electrons. The van der Waals surface area contributed by atoms with Crippen LogP contribution in [0, 0.1) is 0 Å². The molecular formula is C13H15BrN2O2. The second-order valence-corrected chi connectivity index (χ2v) is 4.29. The average molecular weight is 311 g/mol. The lowest BCUT2D eigenvalue weighted by Gasteiger charge is -2.02. The molecule has 0 aromatic heterocycles. The number of rotatable bonds is 5. The van der Waals surface area contributed by atoms with Gasteiger partial charge in [0, 0.05) is 6.21 Å².